The first-order chi connectivity index (χ1) is 9.47. The number of halogens is 2. The van der Waals surface area contributed by atoms with Gasteiger partial charge < -0.3 is 10.5 Å². The van der Waals surface area contributed by atoms with Crippen LogP contribution in [0.25, 0.3) is 0 Å². The van der Waals surface area contributed by atoms with Crippen LogP contribution in [-0.2, 0) is 6.61 Å². The molecule has 0 aliphatic carbocycles. The zero-order valence-electron chi connectivity index (χ0n) is 10.9. The van der Waals surface area contributed by atoms with Crippen LogP contribution in [0.2, 0.25) is 5.02 Å². The number of benzene rings is 2. The van der Waals surface area contributed by atoms with Crippen LogP contribution in [-0.4, -0.2) is 5.84 Å². The Morgan fingerprint density at radius 3 is 2.75 bits per heavy atom. The van der Waals surface area contributed by atoms with E-state index in [1.807, 2.05) is 13.0 Å². The van der Waals surface area contributed by atoms with E-state index >= 15 is 0 Å². The Hall–Kier alpha value is -2.07. The standard InChI is InChI=1S/C15H14ClFN2O/c1-9-2-3-10(15(18)19)7-14(9)20-8-11-6-12(17)4-5-13(11)16/h2-7H,8H2,1H3,(H3,18,19). The Labute approximate surface area is 121 Å². The summed E-state index contributed by atoms with van der Waals surface area (Å²) in [5.74, 6) is 0.207. The number of amidine groups is 1. The molecule has 0 spiro atoms. The molecule has 2 aromatic rings. The zero-order valence-corrected chi connectivity index (χ0v) is 11.7. The number of rotatable bonds is 4. The quantitative estimate of drug-likeness (QED) is 0.667. The van der Waals surface area contributed by atoms with E-state index in [2.05, 4.69) is 0 Å². The first-order valence-electron chi connectivity index (χ1n) is 5.99. The molecule has 0 fully saturated rings. The summed E-state index contributed by atoms with van der Waals surface area (Å²) in [6, 6.07) is 9.39. The van der Waals surface area contributed by atoms with Gasteiger partial charge in [0.15, 0.2) is 0 Å². The van der Waals surface area contributed by atoms with Crippen molar-refractivity contribution in [2.75, 3.05) is 0 Å². The Balaban J connectivity index is 2.20. The van der Waals surface area contributed by atoms with E-state index in [4.69, 9.17) is 27.5 Å². The summed E-state index contributed by atoms with van der Waals surface area (Å²) < 4.78 is 18.8. The molecular weight excluding hydrogens is 279 g/mol. The van der Waals surface area contributed by atoms with Gasteiger partial charge in [-0.1, -0.05) is 23.7 Å². The van der Waals surface area contributed by atoms with Gasteiger partial charge >= 0.3 is 0 Å². The lowest BCUT2D eigenvalue weighted by molar-refractivity contribution is 0.303. The minimum atomic E-state index is -0.359. The molecule has 0 unspecified atom stereocenters. The molecule has 0 aromatic heterocycles. The Morgan fingerprint density at radius 1 is 1.30 bits per heavy atom. The van der Waals surface area contributed by atoms with Crippen molar-refractivity contribution in [3.8, 4) is 5.75 Å². The van der Waals surface area contributed by atoms with Crippen LogP contribution in [0.5, 0.6) is 5.75 Å². The molecule has 0 heterocycles. The molecule has 0 saturated carbocycles. The average Bonchev–Trinajstić information content (AvgIpc) is 2.41. The molecule has 20 heavy (non-hydrogen) atoms. The zero-order chi connectivity index (χ0) is 14.7. The van der Waals surface area contributed by atoms with Gasteiger partial charge in [0.05, 0.1) is 0 Å². The van der Waals surface area contributed by atoms with Crippen LogP contribution in [0.1, 0.15) is 16.7 Å². The van der Waals surface area contributed by atoms with Crippen molar-refractivity contribution >= 4 is 17.4 Å². The fraction of sp³-hybridized carbons (Fsp3) is 0.133. The van der Waals surface area contributed by atoms with E-state index in [0.29, 0.717) is 21.9 Å². The predicted octanol–water partition coefficient (Wildman–Crippen LogP) is 3.65. The number of nitrogen functional groups attached to an aromatic ring is 1. The molecule has 0 aliphatic heterocycles. The molecule has 5 heteroatoms. The van der Waals surface area contributed by atoms with Crippen LogP contribution >= 0.6 is 11.6 Å². The number of ether oxygens (including phenoxy) is 1. The average molecular weight is 293 g/mol. The van der Waals surface area contributed by atoms with Crippen molar-refractivity contribution in [2.45, 2.75) is 13.5 Å². The van der Waals surface area contributed by atoms with Gasteiger partial charge in [-0.3, -0.25) is 5.41 Å². The lowest BCUT2D eigenvalue weighted by atomic mass is 10.1. The van der Waals surface area contributed by atoms with Crippen molar-refractivity contribution in [2.24, 2.45) is 5.73 Å². The Bertz CT molecular complexity index is 658. The summed E-state index contributed by atoms with van der Waals surface area (Å²) in [4.78, 5) is 0. The van der Waals surface area contributed by atoms with Crippen LogP contribution in [0.15, 0.2) is 36.4 Å². The molecule has 104 valence electrons. The summed E-state index contributed by atoms with van der Waals surface area (Å²) in [5.41, 5.74) is 7.49. The normalized spacial score (nSPS) is 10.3. The number of nitrogens with one attached hydrogen (secondary N) is 1. The van der Waals surface area contributed by atoms with Gasteiger partial charge in [0.25, 0.3) is 0 Å². The third-order valence-electron chi connectivity index (χ3n) is 2.89. The van der Waals surface area contributed by atoms with Gasteiger partial charge in [-0.25, -0.2) is 4.39 Å². The number of nitrogens with two attached hydrogens (primary N) is 1. The highest BCUT2D eigenvalue weighted by Crippen LogP contribution is 2.23. The second-order valence-electron chi connectivity index (χ2n) is 4.42. The summed E-state index contributed by atoms with van der Waals surface area (Å²) in [6.45, 7) is 2.03. The molecular formula is C15H14ClFN2O. The van der Waals surface area contributed by atoms with Gasteiger partial charge in [0.1, 0.15) is 24.0 Å². The van der Waals surface area contributed by atoms with Crippen molar-refractivity contribution in [1.82, 2.24) is 0 Å². The lowest BCUT2D eigenvalue weighted by Gasteiger charge is -2.11. The second kappa shape index (κ2) is 5.92. The highest BCUT2D eigenvalue weighted by molar-refractivity contribution is 6.31. The molecule has 0 aliphatic rings. The molecule has 0 amide bonds. The Kier molecular flexibility index (Phi) is 4.25. The first-order valence-corrected chi connectivity index (χ1v) is 6.37. The van der Waals surface area contributed by atoms with Crippen LogP contribution < -0.4 is 10.5 Å². The fourth-order valence-corrected chi connectivity index (χ4v) is 1.90. The summed E-state index contributed by atoms with van der Waals surface area (Å²) >= 11 is 5.98. The van der Waals surface area contributed by atoms with Gasteiger partial charge in [-0.2, -0.15) is 0 Å². The topological polar surface area (TPSA) is 59.1 Å². The number of hydrogen-bond donors (Lipinski definition) is 2. The maximum atomic E-state index is 13.2. The van der Waals surface area contributed by atoms with E-state index in [1.165, 1.54) is 18.2 Å². The molecule has 0 atom stereocenters. The van der Waals surface area contributed by atoms with Gasteiger partial charge in [-0.05, 0) is 36.8 Å². The van der Waals surface area contributed by atoms with Crippen LogP contribution in [0.4, 0.5) is 4.39 Å². The summed E-state index contributed by atoms with van der Waals surface area (Å²) in [6.07, 6.45) is 0. The SMILES string of the molecule is Cc1ccc(C(=N)N)cc1OCc1cc(F)ccc1Cl. The predicted molar refractivity (Wildman–Crippen MR) is 77.9 cm³/mol. The summed E-state index contributed by atoms with van der Waals surface area (Å²) in [5, 5.41) is 7.86. The largest absolute Gasteiger partial charge is 0.489 e. The van der Waals surface area contributed by atoms with E-state index in [0.717, 1.165) is 5.56 Å². The van der Waals surface area contributed by atoms with Gasteiger partial charge in [0.2, 0.25) is 0 Å². The van der Waals surface area contributed by atoms with Crippen molar-refractivity contribution in [1.29, 1.82) is 5.41 Å². The smallest absolute Gasteiger partial charge is 0.123 e. The van der Waals surface area contributed by atoms with Crippen molar-refractivity contribution < 1.29 is 9.13 Å². The third-order valence-corrected chi connectivity index (χ3v) is 3.26. The van der Waals surface area contributed by atoms with E-state index in [1.54, 1.807) is 12.1 Å². The van der Waals surface area contributed by atoms with E-state index in [9.17, 15) is 4.39 Å². The van der Waals surface area contributed by atoms with Crippen LogP contribution in [0.3, 0.4) is 0 Å². The van der Waals surface area contributed by atoms with E-state index < -0.39 is 0 Å². The van der Waals surface area contributed by atoms with Crippen molar-refractivity contribution in [3.63, 3.8) is 0 Å². The van der Waals surface area contributed by atoms with Gasteiger partial charge in [-0.15, -0.1) is 0 Å². The first kappa shape index (κ1) is 14.3. The molecule has 3 N–H and O–H groups in total. The monoisotopic (exact) mass is 292 g/mol. The number of aryl methyl sites for hydroxylation is 1. The number of hydrogen-bond acceptors (Lipinski definition) is 2. The fourth-order valence-electron chi connectivity index (χ4n) is 1.73. The molecule has 2 rings (SSSR count). The molecule has 0 bridgehead atoms. The third kappa shape index (κ3) is 3.27. The highest BCUT2D eigenvalue weighted by Gasteiger charge is 2.07. The van der Waals surface area contributed by atoms with Crippen molar-refractivity contribution in [3.05, 3.63) is 63.9 Å². The molecule has 2 aromatic carbocycles. The second-order valence-corrected chi connectivity index (χ2v) is 4.83. The van der Waals surface area contributed by atoms with Crippen LogP contribution in [0, 0.1) is 18.2 Å². The lowest BCUT2D eigenvalue weighted by Crippen LogP contribution is -2.11. The molecule has 3 nitrogen and oxygen atoms in total. The minimum Gasteiger partial charge on any atom is -0.489 e. The maximum Gasteiger partial charge on any atom is 0.123 e. The van der Waals surface area contributed by atoms with Gasteiger partial charge in [0, 0.05) is 16.1 Å². The molecule has 0 saturated heterocycles. The maximum absolute atomic E-state index is 13.2. The minimum absolute atomic E-state index is 0.0290. The Morgan fingerprint density at radius 2 is 2.05 bits per heavy atom. The molecule has 0 radical (unpaired) electrons. The van der Waals surface area contributed by atoms with E-state index in [-0.39, 0.29) is 18.3 Å². The highest BCUT2D eigenvalue weighted by atomic mass is 35.5. The summed E-state index contributed by atoms with van der Waals surface area (Å²) in [7, 11) is 0.